The average molecular weight is 432 g/mol. The van der Waals surface area contributed by atoms with E-state index in [1.54, 1.807) is 54.6 Å². The largest absolute Gasteiger partial charge is 0.478 e. The Kier molecular flexibility index (Phi) is 6.16. The quantitative estimate of drug-likeness (QED) is 0.369. The number of hydrogen-bond donors (Lipinski definition) is 4. The first kappa shape index (κ1) is 22.0. The van der Waals surface area contributed by atoms with Crippen LogP contribution in [0.15, 0.2) is 72.8 Å². The Bertz CT molecular complexity index is 1330. The van der Waals surface area contributed by atoms with Crippen molar-refractivity contribution in [3.63, 3.8) is 0 Å². The van der Waals surface area contributed by atoms with Gasteiger partial charge in [0.05, 0.1) is 22.3 Å². The van der Waals surface area contributed by atoms with Crippen LogP contribution in [0, 0.1) is 0 Å². The van der Waals surface area contributed by atoms with Gasteiger partial charge in [0.2, 0.25) is 0 Å². The van der Waals surface area contributed by atoms with Crippen LogP contribution in [0.25, 0.3) is 21.5 Å². The van der Waals surface area contributed by atoms with Gasteiger partial charge in [-0.25, -0.2) is 19.2 Å². The summed E-state index contributed by atoms with van der Waals surface area (Å²) in [7, 11) is 0. The van der Waals surface area contributed by atoms with Crippen LogP contribution in [0.5, 0.6) is 0 Å². The van der Waals surface area contributed by atoms with E-state index in [2.05, 4.69) is 0 Å². The highest BCUT2D eigenvalue weighted by Gasteiger charge is 2.18. The third-order valence-corrected chi connectivity index (χ3v) is 4.76. The van der Waals surface area contributed by atoms with E-state index in [-0.39, 0.29) is 22.3 Å². The topological polar surface area (TPSA) is 149 Å². The van der Waals surface area contributed by atoms with Gasteiger partial charge >= 0.3 is 23.9 Å². The Labute approximate surface area is 180 Å². The molecule has 4 aromatic rings. The molecule has 0 saturated carbocycles. The molecule has 0 saturated heterocycles. The zero-order valence-electron chi connectivity index (χ0n) is 16.4. The molecular formula is C24H16O8. The van der Waals surface area contributed by atoms with Gasteiger partial charge in [-0.2, -0.15) is 0 Å². The standard InChI is InChI=1S/2C12H8O4/c13-11(14)9-5-6-10(12(15)16)8-4-2-1-3-7(8)9;13-11(14)9-6-5-7-3-1-2-4-8(7)10(9)12(15)16/h2*1-6H,(H,13,14)(H,15,16). The molecule has 8 heteroatoms. The minimum Gasteiger partial charge on any atom is -0.478 e. The smallest absolute Gasteiger partial charge is 0.337 e. The van der Waals surface area contributed by atoms with Gasteiger partial charge in [-0.15, -0.1) is 0 Å². The van der Waals surface area contributed by atoms with Crippen molar-refractivity contribution >= 4 is 45.4 Å². The zero-order chi connectivity index (χ0) is 23.4. The Morgan fingerprint density at radius 1 is 0.438 bits per heavy atom. The molecule has 160 valence electrons. The SMILES string of the molecule is O=C(O)c1ccc(C(=O)O)c2ccccc12.O=C(O)c1ccc2ccccc2c1C(=O)O. The fourth-order valence-electron chi connectivity index (χ4n) is 3.35. The zero-order valence-corrected chi connectivity index (χ0v) is 16.4. The number of benzene rings is 4. The molecule has 0 aromatic heterocycles. The molecule has 0 radical (unpaired) electrons. The van der Waals surface area contributed by atoms with Gasteiger partial charge in [0.15, 0.2) is 0 Å². The summed E-state index contributed by atoms with van der Waals surface area (Å²) >= 11 is 0. The molecule has 0 bridgehead atoms. The van der Waals surface area contributed by atoms with Crippen LogP contribution in [0.3, 0.4) is 0 Å². The molecule has 0 unspecified atom stereocenters. The lowest BCUT2D eigenvalue weighted by Crippen LogP contribution is -2.08. The first-order valence-corrected chi connectivity index (χ1v) is 9.19. The molecule has 32 heavy (non-hydrogen) atoms. The van der Waals surface area contributed by atoms with Crippen LogP contribution in [-0.2, 0) is 0 Å². The van der Waals surface area contributed by atoms with Crippen molar-refractivity contribution in [2.24, 2.45) is 0 Å². The first-order chi connectivity index (χ1) is 15.2. The van der Waals surface area contributed by atoms with Crippen LogP contribution in [0.1, 0.15) is 41.4 Å². The molecule has 0 amide bonds. The Hall–Kier alpha value is -4.72. The predicted molar refractivity (Wildman–Crippen MR) is 116 cm³/mol. The highest BCUT2D eigenvalue weighted by atomic mass is 16.4. The Balaban J connectivity index is 0.000000181. The molecule has 0 heterocycles. The van der Waals surface area contributed by atoms with Crippen molar-refractivity contribution in [3.8, 4) is 0 Å². The third kappa shape index (κ3) is 4.24. The fraction of sp³-hybridized carbons (Fsp3) is 0. The minimum absolute atomic E-state index is 0.112. The normalized spacial score (nSPS) is 10.2. The second-order valence-electron chi connectivity index (χ2n) is 6.64. The van der Waals surface area contributed by atoms with E-state index in [0.29, 0.717) is 21.5 Å². The summed E-state index contributed by atoms with van der Waals surface area (Å²) in [6.45, 7) is 0. The summed E-state index contributed by atoms with van der Waals surface area (Å²) < 4.78 is 0. The maximum Gasteiger partial charge on any atom is 0.337 e. The second kappa shape index (κ2) is 8.97. The maximum absolute atomic E-state index is 11.1. The van der Waals surface area contributed by atoms with Crippen LogP contribution in [0.4, 0.5) is 0 Å². The molecule has 0 atom stereocenters. The number of carbonyl (C=O) groups is 4. The third-order valence-electron chi connectivity index (χ3n) is 4.76. The van der Waals surface area contributed by atoms with E-state index in [4.69, 9.17) is 20.4 Å². The minimum atomic E-state index is -1.23. The van der Waals surface area contributed by atoms with Gasteiger partial charge in [-0.1, -0.05) is 54.6 Å². The van der Waals surface area contributed by atoms with E-state index < -0.39 is 23.9 Å². The summed E-state index contributed by atoms with van der Waals surface area (Å²) in [6.07, 6.45) is 0. The van der Waals surface area contributed by atoms with E-state index in [9.17, 15) is 19.2 Å². The monoisotopic (exact) mass is 432 g/mol. The van der Waals surface area contributed by atoms with E-state index in [0.717, 1.165) is 0 Å². The van der Waals surface area contributed by atoms with Crippen LogP contribution < -0.4 is 0 Å². The molecule has 8 nitrogen and oxygen atoms in total. The number of aromatic carboxylic acids is 4. The Morgan fingerprint density at radius 3 is 1.28 bits per heavy atom. The molecule has 4 N–H and O–H groups in total. The molecule has 0 aliphatic carbocycles. The van der Waals surface area contributed by atoms with Crippen LogP contribution in [-0.4, -0.2) is 44.3 Å². The van der Waals surface area contributed by atoms with E-state index in [1.807, 2.05) is 0 Å². The number of carboxylic acids is 4. The van der Waals surface area contributed by atoms with E-state index in [1.165, 1.54) is 18.2 Å². The number of rotatable bonds is 4. The van der Waals surface area contributed by atoms with Crippen molar-refractivity contribution < 1.29 is 39.6 Å². The Morgan fingerprint density at radius 2 is 0.844 bits per heavy atom. The highest BCUT2D eigenvalue weighted by molar-refractivity contribution is 6.12. The van der Waals surface area contributed by atoms with Crippen molar-refractivity contribution in [1.29, 1.82) is 0 Å². The lowest BCUT2D eigenvalue weighted by atomic mass is 9.99. The molecular weight excluding hydrogens is 416 g/mol. The van der Waals surface area contributed by atoms with Gasteiger partial charge < -0.3 is 20.4 Å². The van der Waals surface area contributed by atoms with Gasteiger partial charge in [-0.3, -0.25) is 0 Å². The van der Waals surface area contributed by atoms with Crippen molar-refractivity contribution in [3.05, 3.63) is 95.1 Å². The maximum atomic E-state index is 11.1. The lowest BCUT2D eigenvalue weighted by Gasteiger charge is -2.05. The molecule has 4 aromatic carbocycles. The molecule has 0 aliphatic rings. The van der Waals surface area contributed by atoms with E-state index >= 15 is 0 Å². The molecule has 0 aliphatic heterocycles. The summed E-state index contributed by atoms with van der Waals surface area (Å²) in [5.41, 5.74) is -0.127. The summed E-state index contributed by atoms with van der Waals surface area (Å²) in [5, 5.41) is 37.9. The fourth-order valence-corrected chi connectivity index (χ4v) is 3.35. The van der Waals surface area contributed by atoms with Gasteiger partial charge in [0, 0.05) is 0 Å². The molecule has 0 spiro atoms. The van der Waals surface area contributed by atoms with Gasteiger partial charge in [0.1, 0.15) is 0 Å². The van der Waals surface area contributed by atoms with Crippen LogP contribution >= 0.6 is 0 Å². The number of fused-ring (bicyclic) bond motifs is 2. The number of carboxylic acid groups (broad SMARTS) is 4. The second-order valence-corrected chi connectivity index (χ2v) is 6.64. The first-order valence-electron chi connectivity index (χ1n) is 9.19. The highest BCUT2D eigenvalue weighted by Crippen LogP contribution is 2.24. The van der Waals surface area contributed by atoms with Crippen molar-refractivity contribution in [2.75, 3.05) is 0 Å². The van der Waals surface area contributed by atoms with Crippen molar-refractivity contribution in [2.45, 2.75) is 0 Å². The van der Waals surface area contributed by atoms with Crippen molar-refractivity contribution in [1.82, 2.24) is 0 Å². The molecule has 0 fully saturated rings. The summed E-state index contributed by atoms with van der Waals surface area (Å²) in [4.78, 5) is 43.9. The molecule has 4 rings (SSSR count). The average Bonchev–Trinajstić information content (AvgIpc) is 2.77. The van der Waals surface area contributed by atoms with Gasteiger partial charge in [0.25, 0.3) is 0 Å². The number of hydrogen-bond acceptors (Lipinski definition) is 4. The predicted octanol–water partition coefficient (Wildman–Crippen LogP) is 4.47. The summed E-state index contributed by atoms with van der Waals surface area (Å²) in [6, 6.07) is 18.9. The van der Waals surface area contributed by atoms with Gasteiger partial charge in [-0.05, 0) is 39.7 Å². The van der Waals surface area contributed by atoms with Crippen LogP contribution in [0.2, 0.25) is 0 Å². The lowest BCUT2D eigenvalue weighted by molar-refractivity contribution is 0.0653. The summed E-state index contributed by atoms with van der Waals surface area (Å²) in [5.74, 6) is -4.58.